The van der Waals surface area contributed by atoms with Crippen molar-refractivity contribution in [3.05, 3.63) is 42.6 Å². The van der Waals surface area contributed by atoms with E-state index in [2.05, 4.69) is 29.0 Å². The van der Waals surface area contributed by atoms with E-state index in [1.165, 1.54) is 6.20 Å². The van der Waals surface area contributed by atoms with Crippen molar-refractivity contribution < 1.29 is 22.6 Å². The lowest BCUT2D eigenvalue weighted by Crippen LogP contribution is -2.24. The minimum Gasteiger partial charge on any atom is -0.497 e. The molecule has 35 heavy (non-hydrogen) atoms. The lowest BCUT2D eigenvalue weighted by Gasteiger charge is -2.19. The Labute approximate surface area is 208 Å². The molecule has 0 spiro atoms. The molecule has 0 fully saturated rings. The maximum Gasteiger partial charge on any atom is 0.210 e. The van der Waals surface area contributed by atoms with Gasteiger partial charge in [-0.25, -0.2) is 8.42 Å². The molecule has 0 unspecified atom stereocenters. The van der Waals surface area contributed by atoms with Crippen LogP contribution in [0, 0.1) is 0 Å². The fourth-order valence-corrected chi connectivity index (χ4v) is 5.37. The lowest BCUT2D eigenvalue weighted by molar-refractivity contribution is 0.298. The Bertz CT molecular complexity index is 1230. The highest BCUT2D eigenvalue weighted by atomic mass is 32.2. The van der Waals surface area contributed by atoms with Gasteiger partial charge in [-0.2, -0.15) is 0 Å². The van der Waals surface area contributed by atoms with Crippen LogP contribution in [0.25, 0.3) is 10.9 Å². The van der Waals surface area contributed by atoms with Gasteiger partial charge < -0.3 is 24.4 Å². The van der Waals surface area contributed by atoms with Gasteiger partial charge in [0.2, 0.25) is 9.84 Å². The summed E-state index contributed by atoms with van der Waals surface area (Å²) in [5, 5.41) is 4.05. The zero-order valence-electron chi connectivity index (χ0n) is 21.1. The average molecular weight is 502 g/mol. The van der Waals surface area contributed by atoms with E-state index in [-0.39, 0.29) is 9.79 Å². The van der Waals surface area contributed by atoms with Crippen molar-refractivity contribution in [1.29, 1.82) is 0 Å². The number of sulfone groups is 1. The van der Waals surface area contributed by atoms with Crippen molar-refractivity contribution in [2.45, 2.75) is 36.5 Å². The maximum absolute atomic E-state index is 13.6. The predicted octanol–water partition coefficient (Wildman–Crippen LogP) is 4.63. The Morgan fingerprint density at radius 3 is 2.17 bits per heavy atom. The van der Waals surface area contributed by atoms with Crippen LogP contribution in [0.15, 0.2) is 52.4 Å². The Morgan fingerprint density at radius 2 is 1.57 bits per heavy atom. The smallest absolute Gasteiger partial charge is 0.210 e. The summed E-state index contributed by atoms with van der Waals surface area (Å²) in [5.41, 5.74) is 1.12. The van der Waals surface area contributed by atoms with Gasteiger partial charge in [-0.3, -0.25) is 4.98 Å². The van der Waals surface area contributed by atoms with Crippen LogP contribution in [0.1, 0.15) is 26.7 Å². The fraction of sp³-hybridized carbons (Fsp3) is 0.423. The van der Waals surface area contributed by atoms with Gasteiger partial charge in [0, 0.05) is 24.2 Å². The van der Waals surface area contributed by atoms with Crippen LogP contribution in [0.5, 0.6) is 17.2 Å². The molecule has 3 rings (SSSR count). The molecule has 8 nitrogen and oxygen atoms in total. The third kappa shape index (κ3) is 5.97. The van der Waals surface area contributed by atoms with E-state index in [9.17, 15) is 8.42 Å². The van der Waals surface area contributed by atoms with Gasteiger partial charge in [-0.1, -0.05) is 13.8 Å². The molecule has 0 aliphatic carbocycles. The molecule has 1 aromatic heterocycles. The number of nitrogens with zero attached hydrogens (tertiary/aromatic N) is 2. The summed E-state index contributed by atoms with van der Waals surface area (Å²) in [4.78, 5) is 7.12. The molecule has 3 aromatic rings. The van der Waals surface area contributed by atoms with E-state index < -0.39 is 9.84 Å². The number of anilines is 1. The number of unbranched alkanes of at least 4 members (excludes halogenated alkanes) is 1. The van der Waals surface area contributed by atoms with Crippen molar-refractivity contribution in [3.8, 4) is 17.2 Å². The summed E-state index contributed by atoms with van der Waals surface area (Å²) in [6, 6.07) is 9.88. The van der Waals surface area contributed by atoms with Gasteiger partial charge in [0.1, 0.15) is 10.6 Å². The molecule has 0 saturated carbocycles. The van der Waals surface area contributed by atoms with Crippen molar-refractivity contribution in [3.63, 3.8) is 0 Å². The van der Waals surface area contributed by atoms with E-state index in [4.69, 9.17) is 14.2 Å². The van der Waals surface area contributed by atoms with Gasteiger partial charge in [-0.05, 0) is 62.8 Å². The van der Waals surface area contributed by atoms with Crippen LogP contribution >= 0.6 is 0 Å². The van der Waals surface area contributed by atoms with Crippen molar-refractivity contribution >= 4 is 26.4 Å². The zero-order chi connectivity index (χ0) is 25.4. The minimum atomic E-state index is -3.85. The van der Waals surface area contributed by atoms with Crippen LogP contribution in [0.2, 0.25) is 0 Å². The molecule has 0 aliphatic rings. The Kier molecular flexibility index (Phi) is 9.17. The summed E-state index contributed by atoms with van der Waals surface area (Å²) in [5.74, 6) is 1.62. The van der Waals surface area contributed by atoms with Crippen LogP contribution in [0.3, 0.4) is 0 Å². The standard InChI is InChI=1S/C26H35N3O5S/c1-6-29(7-2)15-9-8-14-27-26-21-16-23(33-4)24(34-5)17-22(21)28-18-25(26)35(30,31)20-12-10-19(32-3)11-13-20/h10-13,16-18H,6-9,14-15H2,1-5H3,(H,27,28). The third-order valence-electron chi connectivity index (χ3n) is 6.10. The minimum absolute atomic E-state index is 0.117. The molecule has 0 amide bonds. The molecule has 0 bridgehead atoms. The summed E-state index contributed by atoms with van der Waals surface area (Å²) < 4.78 is 43.4. The quantitative estimate of drug-likeness (QED) is 0.339. The van der Waals surface area contributed by atoms with E-state index in [1.54, 1.807) is 57.7 Å². The number of ether oxygens (including phenoxy) is 3. The number of fused-ring (bicyclic) bond motifs is 1. The van der Waals surface area contributed by atoms with E-state index in [0.29, 0.717) is 40.4 Å². The second-order valence-electron chi connectivity index (χ2n) is 8.06. The summed E-state index contributed by atoms with van der Waals surface area (Å²) >= 11 is 0. The second-order valence-corrected chi connectivity index (χ2v) is 9.98. The molecular weight excluding hydrogens is 466 g/mol. The molecule has 9 heteroatoms. The molecule has 0 saturated heterocycles. The number of benzene rings is 2. The first kappa shape index (κ1) is 26.6. The van der Waals surface area contributed by atoms with Crippen molar-refractivity contribution in [2.24, 2.45) is 0 Å². The molecule has 2 aromatic carbocycles. The highest BCUT2D eigenvalue weighted by molar-refractivity contribution is 7.91. The SMILES string of the molecule is CCN(CC)CCCCNc1c(S(=O)(=O)c2ccc(OC)cc2)cnc2cc(OC)c(OC)cc12. The number of nitrogens with one attached hydrogen (secondary N) is 1. The van der Waals surface area contributed by atoms with E-state index in [1.807, 2.05) is 0 Å². The Hall–Kier alpha value is -3.04. The van der Waals surface area contributed by atoms with Gasteiger partial charge in [0.15, 0.2) is 11.5 Å². The van der Waals surface area contributed by atoms with E-state index >= 15 is 0 Å². The fourth-order valence-electron chi connectivity index (χ4n) is 3.98. The number of aromatic nitrogens is 1. The highest BCUT2D eigenvalue weighted by Gasteiger charge is 2.25. The number of rotatable bonds is 13. The first-order chi connectivity index (χ1) is 16.9. The molecule has 190 valence electrons. The molecule has 1 heterocycles. The first-order valence-electron chi connectivity index (χ1n) is 11.8. The zero-order valence-corrected chi connectivity index (χ0v) is 21.9. The van der Waals surface area contributed by atoms with Gasteiger partial charge in [0.25, 0.3) is 0 Å². The Morgan fingerprint density at radius 1 is 0.914 bits per heavy atom. The third-order valence-corrected chi connectivity index (χ3v) is 7.88. The van der Waals surface area contributed by atoms with E-state index in [0.717, 1.165) is 32.5 Å². The van der Waals surface area contributed by atoms with Crippen molar-refractivity contribution in [2.75, 3.05) is 52.8 Å². The summed E-state index contributed by atoms with van der Waals surface area (Å²) in [7, 11) is 0.804. The highest BCUT2D eigenvalue weighted by Crippen LogP contribution is 2.38. The average Bonchev–Trinajstić information content (AvgIpc) is 2.89. The Balaban J connectivity index is 2.02. The maximum atomic E-state index is 13.6. The topological polar surface area (TPSA) is 90.0 Å². The van der Waals surface area contributed by atoms with Crippen LogP contribution in [-0.4, -0.2) is 65.8 Å². The molecule has 0 atom stereocenters. The monoisotopic (exact) mass is 501 g/mol. The summed E-state index contributed by atoms with van der Waals surface area (Å²) in [6.07, 6.45) is 3.32. The predicted molar refractivity (Wildman–Crippen MR) is 139 cm³/mol. The molecular formula is C26H35N3O5S. The molecule has 0 aliphatic heterocycles. The van der Waals surface area contributed by atoms with Gasteiger partial charge in [-0.15, -0.1) is 0 Å². The number of pyridine rings is 1. The van der Waals surface area contributed by atoms with Crippen LogP contribution in [0.4, 0.5) is 5.69 Å². The molecule has 1 N–H and O–H groups in total. The number of hydrogen-bond donors (Lipinski definition) is 1. The number of methoxy groups -OCH3 is 3. The molecule has 0 radical (unpaired) electrons. The van der Waals surface area contributed by atoms with Gasteiger partial charge >= 0.3 is 0 Å². The first-order valence-corrected chi connectivity index (χ1v) is 13.3. The largest absolute Gasteiger partial charge is 0.497 e. The number of hydrogen-bond acceptors (Lipinski definition) is 8. The lowest BCUT2D eigenvalue weighted by atomic mass is 10.1. The summed E-state index contributed by atoms with van der Waals surface area (Å²) in [6.45, 7) is 7.98. The van der Waals surface area contributed by atoms with Crippen LogP contribution < -0.4 is 19.5 Å². The second kappa shape index (κ2) is 12.1. The van der Waals surface area contributed by atoms with Crippen molar-refractivity contribution in [1.82, 2.24) is 9.88 Å². The normalized spacial score (nSPS) is 11.6. The van der Waals surface area contributed by atoms with Gasteiger partial charge in [0.05, 0.1) is 37.4 Å². The van der Waals surface area contributed by atoms with Crippen LogP contribution in [-0.2, 0) is 9.84 Å².